The maximum Gasteiger partial charge on any atom is 0.327 e. The van der Waals surface area contributed by atoms with Crippen LogP contribution in [-0.2, 0) is 9.53 Å². The number of nitrogens with zero attached hydrogens (tertiary/aromatic N) is 2. The quantitative estimate of drug-likeness (QED) is 0.605. The summed E-state index contributed by atoms with van der Waals surface area (Å²) in [5.74, 6) is -2.14. The van der Waals surface area contributed by atoms with Crippen LogP contribution < -0.4 is 0 Å². The van der Waals surface area contributed by atoms with Gasteiger partial charge in [0.1, 0.15) is 17.7 Å². The summed E-state index contributed by atoms with van der Waals surface area (Å²) in [6.45, 7) is -0.115. The van der Waals surface area contributed by atoms with E-state index in [1.807, 2.05) is 6.07 Å². The van der Waals surface area contributed by atoms with Crippen molar-refractivity contribution in [1.29, 1.82) is 5.26 Å². The minimum Gasteiger partial charge on any atom is -0.468 e. The Bertz CT molecular complexity index is 485. The lowest BCUT2D eigenvalue weighted by Crippen LogP contribution is -2.32. The number of nitriles is 1. The summed E-state index contributed by atoms with van der Waals surface area (Å²) in [6, 6.07) is 3.49. The van der Waals surface area contributed by atoms with E-state index in [0.717, 1.165) is 25.3 Å². The van der Waals surface area contributed by atoms with Gasteiger partial charge in [0.2, 0.25) is 0 Å². The van der Waals surface area contributed by atoms with Crippen molar-refractivity contribution < 1.29 is 18.3 Å². The summed E-state index contributed by atoms with van der Waals surface area (Å²) in [7, 11) is 2.60. The van der Waals surface area contributed by atoms with Gasteiger partial charge in [0.15, 0.2) is 0 Å². The summed E-state index contributed by atoms with van der Waals surface area (Å²) in [4.78, 5) is 12.9. The molecule has 0 spiro atoms. The van der Waals surface area contributed by atoms with Crippen molar-refractivity contribution in [3.05, 3.63) is 35.4 Å². The van der Waals surface area contributed by atoms with E-state index in [1.54, 1.807) is 0 Å². The molecule has 0 N–H and O–H groups in total. The normalized spacial score (nSPS) is 12.0. The number of likely N-dealkylation sites (N-methyl/N-ethyl adjacent to an activating group) is 1. The molecule has 0 amide bonds. The Morgan fingerprint density at radius 2 is 2.22 bits per heavy atom. The van der Waals surface area contributed by atoms with Gasteiger partial charge in [-0.1, -0.05) is 0 Å². The first-order chi connectivity index (χ1) is 8.51. The average molecular weight is 254 g/mol. The SMILES string of the molecule is COC(=O)C(c1cc(F)ccc1F)N(C)CC#N. The predicted molar refractivity (Wildman–Crippen MR) is 59.4 cm³/mol. The monoisotopic (exact) mass is 254 g/mol. The van der Waals surface area contributed by atoms with Crippen LogP contribution in [0.2, 0.25) is 0 Å². The zero-order valence-electron chi connectivity index (χ0n) is 9.98. The lowest BCUT2D eigenvalue weighted by molar-refractivity contribution is -0.146. The summed E-state index contributed by atoms with van der Waals surface area (Å²) in [5, 5.41) is 8.60. The van der Waals surface area contributed by atoms with E-state index in [4.69, 9.17) is 5.26 Å². The molecule has 0 aromatic heterocycles. The zero-order valence-corrected chi connectivity index (χ0v) is 9.98. The number of benzene rings is 1. The standard InChI is InChI=1S/C12H12F2N2O2/c1-16(6-5-15)11(12(17)18-2)9-7-8(13)3-4-10(9)14/h3-4,7,11H,6H2,1-2H3. The summed E-state index contributed by atoms with van der Waals surface area (Å²) in [5.41, 5.74) is -0.153. The Labute approximate surface area is 103 Å². The maximum atomic E-state index is 13.6. The summed E-state index contributed by atoms with van der Waals surface area (Å²) in [6.07, 6.45) is 0. The molecule has 18 heavy (non-hydrogen) atoms. The molecule has 0 aliphatic heterocycles. The third kappa shape index (κ3) is 3.02. The molecule has 6 heteroatoms. The molecule has 4 nitrogen and oxygen atoms in total. The van der Waals surface area contributed by atoms with E-state index in [0.29, 0.717) is 0 Å². The number of hydrogen-bond acceptors (Lipinski definition) is 4. The number of carbonyl (C=O) groups excluding carboxylic acids is 1. The third-order valence-corrected chi connectivity index (χ3v) is 2.44. The lowest BCUT2D eigenvalue weighted by Gasteiger charge is -2.24. The van der Waals surface area contributed by atoms with Crippen molar-refractivity contribution in [3.8, 4) is 6.07 Å². The van der Waals surface area contributed by atoms with Gasteiger partial charge in [-0.2, -0.15) is 5.26 Å². The molecule has 0 saturated heterocycles. The van der Waals surface area contributed by atoms with Gasteiger partial charge >= 0.3 is 5.97 Å². The first kappa shape index (κ1) is 14.1. The molecule has 0 fully saturated rings. The molecular weight excluding hydrogens is 242 g/mol. The fourth-order valence-electron chi connectivity index (χ4n) is 1.58. The molecule has 0 heterocycles. The molecule has 96 valence electrons. The van der Waals surface area contributed by atoms with Gasteiger partial charge in [-0.05, 0) is 25.2 Å². The smallest absolute Gasteiger partial charge is 0.327 e. The molecule has 1 rings (SSSR count). The Hall–Kier alpha value is -2.00. The highest BCUT2D eigenvalue weighted by molar-refractivity contribution is 5.77. The number of carbonyl (C=O) groups is 1. The van der Waals surface area contributed by atoms with Crippen LogP contribution in [0, 0.1) is 23.0 Å². The Morgan fingerprint density at radius 1 is 1.56 bits per heavy atom. The minimum absolute atomic E-state index is 0.115. The van der Waals surface area contributed by atoms with E-state index < -0.39 is 23.6 Å². The molecule has 0 radical (unpaired) electrons. The first-order valence-electron chi connectivity index (χ1n) is 5.11. The van der Waals surface area contributed by atoms with Crippen molar-refractivity contribution in [1.82, 2.24) is 4.90 Å². The second-order valence-corrected chi connectivity index (χ2v) is 3.66. The summed E-state index contributed by atoms with van der Waals surface area (Å²) < 4.78 is 31.3. The van der Waals surface area contributed by atoms with Gasteiger partial charge in [0.05, 0.1) is 19.7 Å². The lowest BCUT2D eigenvalue weighted by atomic mass is 10.0. The van der Waals surface area contributed by atoms with E-state index in [1.165, 1.54) is 11.9 Å². The molecule has 0 bridgehead atoms. The van der Waals surface area contributed by atoms with Crippen LogP contribution in [0.4, 0.5) is 8.78 Å². The third-order valence-electron chi connectivity index (χ3n) is 2.44. The second kappa shape index (κ2) is 6.07. The van der Waals surface area contributed by atoms with Crippen molar-refractivity contribution in [2.24, 2.45) is 0 Å². The van der Waals surface area contributed by atoms with Crippen LogP contribution in [0.5, 0.6) is 0 Å². The fourth-order valence-corrected chi connectivity index (χ4v) is 1.58. The van der Waals surface area contributed by atoms with E-state index in [9.17, 15) is 13.6 Å². The van der Waals surface area contributed by atoms with Crippen molar-refractivity contribution >= 4 is 5.97 Å². The molecule has 1 unspecified atom stereocenters. The molecule has 1 aromatic carbocycles. The largest absolute Gasteiger partial charge is 0.468 e. The first-order valence-corrected chi connectivity index (χ1v) is 5.11. The highest BCUT2D eigenvalue weighted by atomic mass is 19.1. The molecule has 0 aliphatic rings. The summed E-state index contributed by atoms with van der Waals surface area (Å²) >= 11 is 0. The van der Waals surface area contributed by atoms with Gasteiger partial charge in [0.25, 0.3) is 0 Å². The van der Waals surface area contributed by atoms with Crippen LogP contribution in [0.25, 0.3) is 0 Å². The van der Waals surface area contributed by atoms with Gasteiger partial charge in [0, 0.05) is 5.56 Å². The molecule has 1 aromatic rings. The highest BCUT2D eigenvalue weighted by Crippen LogP contribution is 2.24. The molecule has 0 saturated carbocycles. The van der Waals surface area contributed by atoms with E-state index >= 15 is 0 Å². The van der Waals surface area contributed by atoms with Gasteiger partial charge in [-0.3, -0.25) is 4.90 Å². The predicted octanol–water partition coefficient (Wildman–Crippen LogP) is 1.63. The molecule has 1 atom stereocenters. The van der Waals surface area contributed by atoms with Gasteiger partial charge in [-0.25, -0.2) is 13.6 Å². The molecule has 0 aliphatic carbocycles. The van der Waals surface area contributed by atoms with Crippen LogP contribution in [0.1, 0.15) is 11.6 Å². The second-order valence-electron chi connectivity index (χ2n) is 3.66. The average Bonchev–Trinajstić information content (AvgIpc) is 2.34. The Balaban J connectivity index is 3.21. The van der Waals surface area contributed by atoms with Crippen LogP contribution in [0.15, 0.2) is 18.2 Å². The number of halogens is 2. The van der Waals surface area contributed by atoms with Crippen LogP contribution in [0.3, 0.4) is 0 Å². The van der Waals surface area contributed by atoms with Crippen molar-refractivity contribution in [3.63, 3.8) is 0 Å². The maximum absolute atomic E-state index is 13.6. The van der Waals surface area contributed by atoms with E-state index in [-0.39, 0.29) is 12.1 Å². The van der Waals surface area contributed by atoms with E-state index in [2.05, 4.69) is 4.74 Å². The number of rotatable bonds is 4. The number of methoxy groups -OCH3 is 1. The Kier molecular flexibility index (Phi) is 4.75. The number of hydrogen-bond donors (Lipinski definition) is 0. The zero-order chi connectivity index (χ0) is 13.7. The highest BCUT2D eigenvalue weighted by Gasteiger charge is 2.29. The molecular formula is C12H12F2N2O2. The van der Waals surface area contributed by atoms with Crippen LogP contribution >= 0.6 is 0 Å². The van der Waals surface area contributed by atoms with Crippen molar-refractivity contribution in [2.45, 2.75) is 6.04 Å². The van der Waals surface area contributed by atoms with Gasteiger partial charge < -0.3 is 4.74 Å². The van der Waals surface area contributed by atoms with Gasteiger partial charge in [-0.15, -0.1) is 0 Å². The number of esters is 1. The number of ether oxygens (including phenoxy) is 1. The van der Waals surface area contributed by atoms with Crippen molar-refractivity contribution in [2.75, 3.05) is 20.7 Å². The Morgan fingerprint density at radius 3 is 2.78 bits per heavy atom. The topological polar surface area (TPSA) is 53.3 Å². The van der Waals surface area contributed by atoms with Crippen LogP contribution in [-0.4, -0.2) is 31.6 Å². The fraction of sp³-hybridized carbons (Fsp3) is 0.333. The minimum atomic E-state index is -1.15.